The summed E-state index contributed by atoms with van der Waals surface area (Å²) >= 11 is 6.29. The maximum absolute atomic E-state index is 15.4. The Morgan fingerprint density at radius 3 is 2.86 bits per heavy atom. The highest BCUT2D eigenvalue weighted by atomic mass is 35.5. The summed E-state index contributed by atoms with van der Waals surface area (Å²) in [4.78, 5) is 20.2. The van der Waals surface area contributed by atoms with Crippen LogP contribution in [0.5, 0.6) is 0 Å². The van der Waals surface area contributed by atoms with Gasteiger partial charge >= 0.3 is 0 Å². The number of aryl methyl sites for hydroxylation is 2. The van der Waals surface area contributed by atoms with Crippen molar-refractivity contribution in [3.8, 4) is 11.3 Å². The van der Waals surface area contributed by atoms with Crippen LogP contribution in [0.4, 0.5) is 10.2 Å². The number of hydrogen-bond acceptors (Lipinski definition) is 5. The Kier molecular flexibility index (Phi) is 6.49. The molecule has 0 unspecified atom stereocenters. The van der Waals surface area contributed by atoms with E-state index in [2.05, 4.69) is 20.6 Å². The second-order valence-corrected chi connectivity index (χ2v) is 9.22. The van der Waals surface area contributed by atoms with E-state index in [-0.39, 0.29) is 11.6 Å². The molecule has 9 heteroatoms. The molecule has 1 N–H and O–H groups in total. The van der Waals surface area contributed by atoms with Gasteiger partial charge in [0.05, 0.1) is 17.8 Å². The minimum absolute atomic E-state index is 0.00683. The Balaban J connectivity index is 1.59. The Labute approximate surface area is 207 Å². The van der Waals surface area contributed by atoms with Crippen molar-refractivity contribution in [1.82, 2.24) is 25.3 Å². The number of halogens is 2. The van der Waals surface area contributed by atoms with Crippen molar-refractivity contribution < 1.29 is 9.18 Å². The zero-order chi connectivity index (χ0) is 24.5. The summed E-state index contributed by atoms with van der Waals surface area (Å²) in [5, 5.41) is 13.8. The summed E-state index contributed by atoms with van der Waals surface area (Å²) in [5.74, 6) is -0.508. The molecule has 2 aromatic heterocycles. The van der Waals surface area contributed by atoms with Crippen molar-refractivity contribution in [2.24, 2.45) is 0 Å². The number of benzene rings is 2. The number of pyridine rings is 1. The predicted octanol–water partition coefficient (Wildman–Crippen LogP) is 5.01. The molecule has 1 fully saturated rings. The largest absolute Gasteiger partial charge is 0.315 e. The molecule has 35 heavy (non-hydrogen) atoms. The second-order valence-electron chi connectivity index (χ2n) is 8.78. The minimum Gasteiger partial charge on any atom is -0.315 e. The molecule has 1 aliphatic heterocycles. The van der Waals surface area contributed by atoms with Crippen LogP contribution in [-0.4, -0.2) is 45.0 Å². The molecule has 7 nitrogen and oxygen atoms in total. The summed E-state index contributed by atoms with van der Waals surface area (Å²) in [6.45, 7) is 6.06. The lowest BCUT2D eigenvalue weighted by Gasteiger charge is -2.35. The van der Waals surface area contributed by atoms with Crippen LogP contribution in [-0.2, 0) is 6.54 Å². The fourth-order valence-electron chi connectivity index (χ4n) is 4.69. The molecule has 1 saturated heterocycles. The molecule has 3 heterocycles. The normalized spacial score (nSPS) is 15.9. The lowest BCUT2D eigenvalue weighted by Crippen LogP contribution is -2.49. The number of aromatic nitrogens is 4. The number of piperidine rings is 1. The Hall–Kier alpha value is -3.36. The van der Waals surface area contributed by atoms with Crippen molar-refractivity contribution in [1.29, 1.82) is 0 Å². The Bertz CT molecular complexity index is 1400. The summed E-state index contributed by atoms with van der Waals surface area (Å²) < 4.78 is 17.1. The first kappa shape index (κ1) is 23.4. The van der Waals surface area contributed by atoms with E-state index in [0.29, 0.717) is 35.2 Å². The molecule has 5 rings (SSSR count). The van der Waals surface area contributed by atoms with E-state index < -0.39 is 11.7 Å². The fourth-order valence-corrected chi connectivity index (χ4v) is 4.97. The zero-order valence-electron chi connectivity index (χ0n) is 19.6. The fraction of sp³-hybridized carbons (Fsp3) is 0.308. The van der Waals surface area contributed by atoms with E-state index >= 15 is 4.39 Å². The maximum Gasteiger partial charge on any atom is 0.262 e. The summed E-state index contributed by atoms with van der Waals surface area (Å²) in [6, 6.07) is 10.0. The van der Waals surface area contributed by atoms with E-state index in [1.54, 1.807) is 28.0 Å². The average Bonchev–Trinajstić information content (AvgIpc) is 3.34. The molecular formula is C26H26ClFN6O. The topological polar surface area (TPSA) is 75.9 Å². The van der Waals surface area contributed by atoms with E-state index in [4.69, 9.17) is 11.6 Å². The first-order valence-electron chi connectivity index (χ1n) is 11.8. The van der Waals surface area contributed by atoms with E-state index in [1.807, 2.05) is 32.0 Å². The van der Waals surface area contributed by atoms with Crippen LogP contribution in [0.1, 0.15) is 35.7 Å². The lowest BCUT2D eigenvalue weighted by atomic mass is 10.0. The van der Waals surface area contributed by atoms with Crippen molar-refractivity contribution in [2.75, 3.05) is 18.0 Å². The molecule has 0 saturated carbocycles. The number of nitrogens with zero attached hydrogens (tertiary/aromatic N) is 5. The van der Waals surface area contributed by atoms with Crippen LogP contribution in [0.15, 0.2) is 48.8 Å². The van der Waals surface area contributed by atoms with E-state index in [1.165, 1.54) is 12.1 Å². The van der Waals surface area contributed by atoms with Gasteiger partial charge in [0.2, 0.25) is 0 Å². The van der Waals surface area contributed by atoms with Crippen LogP contribution in [0.2, 0.25) is 5.02 Å². The number of hydrogen-bond donors (Lipinski definition) is 1. The van der Waals surface area contributed by atoms with Crippen LogP contribution in [0, 0.1) is 12.7 Å². The van der Waals surface area contributed by atoms with Crippen LogP contribution in [0.25, 0.3) is 22.0 Å². The highest BCUT2D eigenvalue weighted by Gasteiger charge is 2.32. The van der Waals surface area contributed by atoms with Gasteiger partial charge in [-0.15, -0.1) is 5.10 Å². The number of nitrogens with one attached hydrogen (secondary N) is 1. The number of carbonyl (C=O) groups excluding carboxylic acids is 1. The van der Waals surface area contributed by atoms with Crippen LogP contribution >= 0.6 is 11.6 Å². The third-order valence-electron chi connectivity index (χ3n) is 6.45. The van der Waals surface area contributed by atoms with Gasteiger partial charge in [0.25, 0.3) is 5.91 Å². The van der Waals surface area contributed by atoms with Crippen molar-refractivity contribution in [2.45, 2.75) is 39.3 Å². The van der Waals surface area contributed by atoms with Crippen LogP contribution < -0.4 is 10.2 Å². The lowest BCUT2D eigenvalue weighted by molar-refractivity contribution is 0.0968. The molecule has 180 valence electrons. The number of amides is 1. The van der Waals surface area contributed by atoms with Crippen LogP contribution in [0.3, 0.4) is 0 Å². The molecule has 0 bridgehead atoms. The van der Waals surface area contributed by atoms with Crippen molar-refractivity contribution >= 4 is 34.1 Å². The predicted molar refractivity (Wildman–Crippen MR) is 135 cm³/mol. The van der Waals surface area contributed by atoms with Gasteiger partial charge in [-0.05, 0) is 74.5 Å². The summed E-state index contributed by atoms with van der Waals surface area (Å²) in [6.07, 6.45) is 5.13. The van der Waals surface area contributed by atoms with E-state index in [9.17, 15) is 4.79 Å². The van der Waals surface area contributed by atoms with Gasteiger partial charge in [-0.3, -0.25) is 14.4 Å². The number of anilines is 1. The number of carbonyl (C=O) groups is 1. The molecule has 2 aromatic carbocycles. The average molecular weight is 493 g/mol. The third kappa shape index (κ3) is 4.51. The minimum atomic E-state index is -0.604. The SMILES string of the molecule is CCn1cc(-c2ccc(C(=O)N(c3nccc4cc(Cl)cc(C)c34)[C@@H]3CCCNC3)c(F)c2)nn1. The van der Waals surface area contributed by atoms with Gasteiger partial charge in [0.15, 0.2) is 0 Å². The molecule has 1 amide bonds. The van der Waals surface area contributed by atoms with Gasteiger partial charge in [-0.25, -0.2) is 9.37 Å². The highest BCUT2D eigenvalue weighted by Crippen LogP contribution is 2.34. The van der Waals surface area contributed by atoms with Crippen molar-refractivity contribution in [3.05, 3.63) is 70.8 Å². The molecule has 1 aliphatic rings. The van der Waals surface area contributed by atoms with Gasteiger partial charge in [0, 0.05) is 35.3 Å². The van der Waals surface area contributed by atoms with Crippen molar-refractivity contribution in [3.63, 3.8) is 0 Å². The Morgan fingerprint density at radius 1 is 1.29 bits per heavy atom. The van der Waals surface area contributed by atoms with Gasteiger partial charge in [0.1, 0.15) is 17.3 Å². The smallest absolute Gasteiger partial charge is 0.262 e. The molecule has 0 radical (unpaired) electrons. The van der Waals surface area contributed by atoms with Gasteiger partial charge in [-0.1, -0.05) is 22.9 Å². The molecular weight excluding hydrogens is 467 g/mol. The van der Waals surface area contributed by atoms with E-state index in [0.717, 1.165) is 35.7 Å². The monoisotopic (exact) mass is 492 g/mol. The second kappa shape index (κ2) is 9.71. The number of fused-ring (bicyclic) bond motifs is 1. The third-order valence-corrected chi connectivity index (χ3v) is 6.66. The molecule has 0 aliphatic carbocycles. The molecule has 0 spiro atoms. The standard InChI is InChI=1S/C26H26ClFN6O/c1-3-33-15-23(31-32-33)17-6-7-21(22(28)13-17)26(35)34(20-5-4-9-29-14-20)25-24-16(2)11-19(27)12-18(24)8-10-30-25/h6-8,10-13,15,20,29H,3-5,9,14H2,1-2H3/t20-/m1/s1. The van der Waals surface area contributed by atoms with Gasteiger partial charge in [-0.2, -0.15) is 0 Å². The summed E-state index contributed by atoms with van der Waals surface area (Å²) in [7, 11) is 0. The first-order chi connectivity index (χ1) is 17.0. The first-order valence-corrected chi connectivity index (χ1v) is 12.1. The van der Waals surface area contributed by atoms with Gasteiger partial charge < -0.3 is 5.32 Å². The zero-order valence-corrected chi connectivity index (χ0v) is 20.4. The quantitative estimate of drug-likeness (QED) is 0.423. The highest BCUT2D eigenvalue weighted by molar-refractivity contribution is 6.31. The molecule has 4 aromatic rings. The summed E-state index contributed by atoms with van der Waals surface area (Å²) in [5.41, 5.74) is 2.03. The Morgan fingerprint density at radius 2 is 2.14 bits per heavy atom. The maximum atomic E-state index is 15.4. The molecule has 1 atom stereocenters. The number of rotatable bonds is 5.